The molecular formula is C17H18N2S. The predicted molar refractivity (Wildman–Crippen MR) is 87.3 cm³/mol. The van der Waals surface area contributed by atoms with Gasteiger partial charge in [-0.15, -0.1) is 0 Å². The molecule has 3 heteroatoms. The molecule has 0 saturated carbocycles. The molecule has 0 fully saturated rings. The van der Waals surface area contributed by atoms with E-state index in [0.717, 1.165) is 24.3 Å². The van der Waals surface area contributed by atoms with E-state index in [-0.39, 0.29) is 0 Å². The van der Waals surface area contributed by atoms with Gasteiger partial charge >= 0.3 is 0 Å². The van der Waals surface area contributed by atoms with Crippen LogP contribution in [0.2, 0.25) is 0 Å². The lowest BCUT2D eigenvalue weighted by molar-refractivity contribution is 0.781. The molecule has 1 aromatic heterocycles. The van der Waals surface area contributed by atoms with Crippen LogP contribution in [-0.2, 0) is 18.7 Å². The standard InChI is InChI=1S/C17H18N2S/c1-2-13-8-9-16-15(10-13)18-17(12-20)19(16)11-14-6-4-3-5-7-14/h3-10,20H,2,11-12H2,1H3. The maximum atomic E-state index is 4.72. The molecule has 0 aliphatic heterocycles. The summed E-state index contributed by atoms with van der Waals surface area (Å²) in [7, 11) is 0. The lowest BCUT2D eigenvalue weighted by Gasteiger charge is -2.08. The Morgan fingerprint density at radius 2 is 1.85 bits per heavy atom. The molecule has 0 aliphatic rings. The summed E-state index contributed by atoms with van der Waals surface area (Å²) in [6.45, 7) is 3.01. The van der Waals surface area contributed by atoms with Crippen molar-refractivity contribution in [2.75, 3.05) is 0 Å². The summed E-state index contributed by atoms with van der Waals surface area (Å²) in [6, 6.07) is 17.0. The topological polar surface area (TPSA) is 17.8 Å². The van der Waals surface area contributed by atoms with Gasteiger partial charge in [-0.3, -0.25) is 0 Å². The molecule has 102 valence electrons. The van der Waals surface area contributed by atoms with E-state index >= 15 is 0 Å². The number of thiol groups is 1. The van der Waals surface area contributed by atoms with Crippen molar-refractivity contribution < 1.29 is 0 Å². The Kier molecular flexibility index (Phi) is 3.79. The van der Waals surface area contributed by atoms with E-state index in [4.69, 9.17) is 4.98 Å². The van der Waals surface area contributed by atoms with E-state index in [1.165, 1.54) is 16.6 Å². The van der Waals surface area contributed by atoms with Gasteiger partial charge in [-0.25, -0.2) is 4.98 Å². The fourth-order valence-electron chi connectivity index (χ4n) is 2.51. The van der Waals surface area contributed by atoms with Crippen LogP contribution in [0.15, 0.2) is 48.5 Å². The van der Waals surface area contributed by atoms with Crippen molar-refractivity contribution in [3.05, 3.63) is 65.5 Å². The first-order valence-corrected chi connectivity index (χ1v) is 7.58. The molecule has 0 amide bonds. The minimum atomic E-state index is 0.656. The monoisotopic (exact) mass is 282 g/mol. The van der Waals surface area contributed by atoms with E-state index in [1.54, 1.807) is 0 Å². The van der Waals surface area contributed by atoms with Crippen molar-refractivity contribution in [2.24, 2.45) is 0 Å². The van der Waals surface area contributed by atoms with Crippen molar-refractivity contribution in [3.8, 4) is 0 Å². The Hall–Kier alpha value is -1.74. The third-order valence-corrected chi connectivity index (χ3v) is 3.91. The van der Waals surface area contributed by atoms with Gasteiger partial charge in [0.2, 0.25) is 0 Å². The average molecular weight is 282 g/mol. The normalized spacial score (nSPS) is 11.1. The highest BCUT2D eigenvalue weighted by atomic mass is 32.1. The van der Waals surface area contributed by atoms with Crippen LogP contribution in [0.3, 0.4) is 0 Å². The maximum Gasteiger partial charge on any atom is 0.119 e. The number of hydrogen-bond donors (Lipinski definition) is 1. The molecule has 3 aromatic rings. The fourth-order valence-corrected chi connectivity index (χ4v) is 2.75. The smallest absolute Gasteiger partial charge is 0.119 e. The Labute approximate surface area is 124 Å². The molecular weight excluding hydrogens is 264 g/mol. The molecule has 0 radical (unpaired) electrons. The van der Waals surface area contributed by atoms with Gasteiger partial charge in [0.1, 0.15) is 5.82 Å². The largest absolute Gasteiger partial charge is 0.323 e. The number of nitrogens with zero attached hydrogens (tertiary/aromatic N) is 2. The van der Waals surface area contributed by atoms with Crippen LogP contribution in [0.25, 0.3) is 11.0 Å². The van der Waals surface area contributed by atoms with Crippen LogP contribution in [0, 0.1) is 0 Å². The van der Waals surface area contributed by atoms with Crippen LogP contribution in [0.1, 0.15) is 23.9 Å². The maximum absolute atomic E-state index is 4.72. The van der Waals surface area contributed by atoms with E-state index < -0.39 is 0 Å². The summed E-state index contributed by atoms with van der Waals surface area (Å²) < 4.78 is 2.26. The highest BCUT2D eigenvalue weighted by Crippen LogP contribution is 2.21. The van der Waals surface area contributed by atoms with Crippen molar-refractivity contribution in [2.45, 2.75) is 25.6 Å². The zero-order valence-corrected chi connectivity index (χ0v) is 12.5. The highest BCUT2D eigenvalue weighted by molar-refractivity contribution is 7.79. The van der Waals surface area contributed by atoms with Crippen molar-refractivity contribution in [1.29, 1.82) is 0 Å². The molecule has 2 aromatic carbocycles. The quantitative estimate of drug-likeness (QED) is 0.714. The SMILES string of the molecule is CCc1ccc2c(c1)nc(CS)n2Cc1ccccc1. The number of aryl methyl sites for hydroxylation is 1. The van der Waals surface area contributed by atoms with Crippen LogP contribution in [0.5, 0.6) is 0 Å². The molecule has 1 heterocycles. The first kappa shape index (κ1) is 13.3. The Morgan fingerprint density at radius 3 is 2.55 bits per heavy atom. The predicted octanol–water partition coefficient (Wildman–Crippen LogP) is 4.08. The van der Waals surface area contributed by atoms with Gasteiger partial charge in [-0.1, -0.05) is 43.3 Å². The van der Waals surface area contributed by atoms with Crippen molar-refractivity contribution in [3.63, 3.8) is 0 Å². The number of imidazole rings is 1. The van der Waals surface area contributed by atoms with Gasteiger partial charge < -0.3 is 4.57 Å². The average Bonchev–Trinajstić information content (AvgIpc) is 2.85. The second kappa shape index (κ2) is 5.71. The second-order valence-corrected chi connectivity index (χ2v) is 5.25. The second-order valence-electron chi connectivity index (χ2n) is 4.93. The number of fused-ring (bicyclic) bond motifs is 1. The molecule has 0 saturated heterocycles. The molecule has 0 atom stereocenters. The molecule has 0 unspecified atom stereocenters. The summed E-state index contributed by atoms with van der Waals surface area (Å²) in [5.74, 6) is 1.68. The minimum absolute atomic E-state index is 0.656. The van der Waals surface area contributed by atoms with Gasteiger partial charge in [0, 0.05) is 12.3 Å². The van der Waals surface area contributed by atoms with E-state index in [9.17, 15) is 0 Å². The third kappa shape index (κ3) is 2.46. The van der Waals surface area contributed by atoms with E-state index in [1.807, 2.05) is 6.07 Å². The van der Waals surface area contributed by atoms with Crippen molar-refractivity contribution >= 4 is 23.7 Å². The molecule has 3 rings (SSSR count). The summed E-state index contributed by atoms with van der Waals surface area (Å²) in [5, 5.41) is 0. The van der Waals surface area contributed by atoms with Gasteiger partial charge in [0.15, 0.2) is 0 Å². The molecule has 20 heavy (non-hydrogen) atoms. The zero-order valence-electron chi connectivity index (χ0n) is 11.6. The highest BCUT2D eigenvalue weighted by Gasteiger charge is 2.10. The first-order valence-electron chi connectivity index (χ1n) is 6.94. The molecule has 2 nitrogen and oxygen atoms in total. The fraction of sp³-hybridized carbons (Fsp3) is 0.235. The van der Waals surface area contributed by atoms with Gasteiger partial charge in [0.25, 0.3) is 0 Å². The Morgan fingerprint density at radius 1 is 1.05 bits per heavy atom. The Bertz CT molecular complexity index is 716. The summed E-state index contributed by atoms with van der Waals surface area (Å²) in [5.41, 5.74) is 4.88. The minimum Gasteiger partial charge on any atom is -0.323 e. The van der Waals surface area contributed by atoms with Crippen LogP contribution in [-0.4, -0.2) is 9.55 Å². The third-order valence-electron chi connectivity index (χ3n) is 3.62. The van der Waals surface area contributed by atoms with Gasteiger partial charge in [-0.2, -0.15) is 12.6 Å². The van der Waals surface area contributed by atoms with Gasteiger partial charge in [0.05, 0.1) is 11.0 Å². The van der Waals surface area contributed by atoms with Crippen LogP contribution < -0.4 is 0 Å². The summed E-state index contributed by atoms with van der Waals surface area (Å²) >= 11 is 4.42. The van der Waals surface area contributed by atoms with Crippen molar-refractivity contribution in [1.82, 2.24) is 9.55 Å². The lowest BCUT2D eigenvalue weighted by Crippen LogP contribution is -2.03. The number of rotatable bonds is 4. The van der Waals surface area contributed by atoms with Crippen LogP contribution >= 0.6 is 12.6 Å². The van der Waals surface area contributed by atoms with Crippen LogP contribution in [0.4, 0.5) is 0 Å². The van der Waals surface area contributed by atoms with Gasteiger partial charge in [-0.05, 0) is 29.7 Å². The number of aromatic nitrogens is 2. The zero-order chi connectivity index (χ0) is 13.9. The molecule has 0 spiro atoms. The summed E-state index contributed by atoms with van der Waals surface area (Å²) in [6.07, 6.45) is 1.04. The summed E-state index contributed by atoms with van der Waals surface area (Å²) in [4.78, 5) is 4.72. The first-order chi connectivity index (χ1) is 9.81. The number of hydrogen-bond acceptors (Lipinski definition) is 2. The van der Waals surface area contributed by atoms with E-state index in [2.05, 4.69) is 66.6 Å². The molecule has 0 N–H and O–H groups in total. The lowest BCUT2D eigenvalue weighted by atomic mass is 10.1. The molecule has 0 bridgehead atoms. The molecule has 0 aliphatic carbocycles. The number of benzene rings is 2. The van der Waals surface area contributed by atoms with E-state index in [0.29, 0.717) is 5.75 Å². The Balaban J connectivity index is 2.08.